The monoisotopic (exact) mass is 252 g/mol. The fourth-order valence-corrected chi connectivity index (χ4v) is 2.72. The lowest BCUT2D eigenvalue weighted by Gasteiger charge is -2.13. The van der Waals surface area contributed by atoms with Gasteiger partial charge in [-0.25, -0.2) is 0 Å². The molecule has 0 unspecified atom stereocenters. The van der Waals surface area contributed by atoms with Crippen LogP contribution in [0.1, 0.15) is 36.8 Å². The first-order valence-corrected chi connectivity index (χ1v) is 7.27. The van der Waals surface area contributed by atoms with Crippen LogP contribution >= 0.6 is 0 Å². The van der Waals surface area contributed by atoms with E-state index in [1.165, 1.54) is 36.8 Å². The lowest BCUT2D eigenvalue weighted by atomic mass is 10.0. The molecular weight excluding hydrogens is 232 g/mol. The van der Waals surface area contributed by atoms with E-state index in [0.717, 1.165) is 24.3 Å². The van der Waals surface area contributed by atoms with Crippen LogP contribution in [0.4, 0.5) is 0 Å². The minimum absolute atomic E-state index is 1.02. The number of aryl methyl sites for hydroxylation is 2. The zero-order valence-electron chi connectivity index (χ0n) is 11.3. The molecule has 0 N–H and O–H groups in total. The van der Waals surface area contributed by atoms with Gasteiger partial charge in [0.15, 0.2) is 0 Å². The molecule has 0 saturated carbocycles. The fourth-order valence-electron chi connectivity index (χ4n) is 2.72. The molecule has 0 fully saturated rings. The Morgan fingerprint density at radius 1 is 0.579 bits per heavy atom. The molecule has 0 amide bonds. The van der Waals surface area contributed by atoms with Crippen molar-refractivity contribution in [2.45, 2.75) is 38.5 Å². The van der Waals surface area contributed by atoms with Crippen molar-refractivity contribution in [3.63, 3.8) is 0 Å². The van der Waals surface area contributed by atoms with E-state index < -0.39 is 0 Å². The molecule has 2 aromatic rings. The van der Waals surface area contributed by atoms with E-state index in [4.69, 9.17) is 4.74 Å². The lowest BCUT2D eigenvalue weighted by Crippen LogP contribution is -1.94. The second-order valence-corrected chi connectivity index (χ2v) is 5.23. The van der Waals surface area contributed by atoms with Gasteiger partial charge in [-0.1, -0.05) is 49.2 Å². The molecule has 0 atom stereocenters. The van der Waals surface area contributed by atoms with E-state index >= 15 is 0 Å². The van der Waals surface area contributed by atoms with Crippen LogP contribution in [0, 0.1) is 0 Å². The quantitative estimate of drug-likeness (QED) is 0.631. The number of hydrogen-bond acceptors (Lipinski definition) is 1. The third kappa shape index (κ3) is 2.98. The Balaban J connectivity index is 1.97. The maximum absolute atomic E-state index is 6.17. The molecule has 98 valence electrons. The van der Waals surface area contributed by atoms with Crippen molar-refractivity contribution in [1.29, 1.82) is 0 Å². The summed E-state index contributed by atoms with van der Waals surface area (Å²) in [6.45, 7) is 0. The first kappa shape index (κ1) is 12.3. The van der Waals surface area contributed by atoms with Crippen molar-refractivity contribution in [3.8, 4) is 11.5 Å². The van der Waals surface area contributed by atoms with Gasteiger partial charge in [-0.2, -0.15) is 0 Å². The minimum Gasteiger partial charge on any atom is -0.457 e. The predicted molar refractivity (Wildman–Crippen MR) is 78.8 cm³/mol. The summed E-state index contributed by atoms with van der Waals surface area (Å²) in [7, 11) is 0. The standard InChI is InChI=1S/C18H20O/c1-2-4-10-16-12-6-8-14-18(16)19-17-13-7-5-11-15(17)9-3-1/h5-8,11-14H,1-4,9-10H2. The van der Waals surface area contributed by atoms with E-state index in [1.54, 1.807) is 0 Å². The fraction of sp³-hybridized carbons (Fsp3) is 0.333. The van der Waals surface area contributed by atoms with Crippen molar-refractivity contribution >= 4 is 0 Å². The number of hydrogen-bond donors (Lipinski definition) is 0. The Kier molecular flexibility index (Phi) is 3.83. The zero-order valence-corrected chi connectivity index (χ0v) is 11.3. The normalized spacial score (nSPS) is 15.6. The average Bonchev–Trinajstić information content (AvgIpc) is 2.49. The van der Waals surface area contributed by atoms with Crippen molar-refractivity contribution in [3.05, 3.63) is 59.7 Å². The second-order valence-electron chi connectivity index (χ2n) is 5.23. The summed E-state index contributed by atoms with van der Waals surface area (Å²) >= 11 is 0. The number of fused-ring (bicyclic) bond motifs is 2. The highest BCUT2D eigenvalue weighted by Gasteiger charge is 2.09. The molecule has 0 aliphatic carbocycles. The molecular formula is C18H20O. The van der Waals surface area contributed by atoms with Crippen LogP contribution in [0.3, 0.4) is 0 Å². The SMILES string of the molecule is c1ccc2c(c1)CCCCCCc1ccccc1O2. The van der Waals surface area contributed by atoms with Crippen LogP contribution in [-0.2, 0) is 12.8 Å². The van der Waals surface area contributed by atoms with Crippen LogP contribution in [-0.4, -0.2) is 0 Å². The summed E-state index contributed by atoms with van der Waals surface area (Å²) in [4.78, 5) is 0. The number of ether oxygens (including phenoxy) is 1. The maximum Gasteiger partial charge on any atom is 0.130 e. The van der Waals surface area contributed by atoms with E-state index in [9.17, 15) is 0 Å². The third-order valence-electron chi connectivity index (χ3n) is 3.81. The Morgan fingerprint density at radius 3 is 1.58 bits per heavy atom. The molecule has 3 rings (SSSR count). The molecule has 0 bridgehead atoms. The van der Waals surface area contributed by atoms with Gasteiger partial charge < -0.3 is 4.74 Å². The highest BCUT2D eigenvalue weighted by molar-refractivity contribution is 5.41. The topological polar surface area (TPSA) is 9.23 Å². The highest BCUT2D eigenvalue weighted by atomic mass is 16.5. The van der Waals surface area contributed by atoms with E-state index in [2.05, 4.69) is 48.5 Å². The third-order valence-corrected chi connectivity index (χ3v) is 3.81. The first-order valence-electron chi connectivity index (χ1n) is 7.27. The van der Waals surface area contributed by atoms with Gasteiger partial charge >= 0.3 is 0 Å². The molecule has 1 heteroatoms. The Labute approximate surface area is 115 Å². The maximum atomic E-state index is 6.17. The van der Waals surface area contributed by atoms with Crippen LogP contribution < -0.4 is 4.74 Å². The van der Waals surface area contributed by atoms with Crippen molar-refractivity contribution in [2.24, 2.45) is 0 Å². The second kappa shape index (κ2) is 5.92. The number of benzene rings is 2. The highest BCUT2D eigenvalue weighted by Crippen LogP contribution is 2.30. The smallest absolute Gasteiger partial charge is 0.130 e. The van der Waals surface area contributed by atoms with Gasteiger partial charge in [0.2, 0.25) is 0 Å². The number of para-hydroxylation sites is 2. The van der Waals surface area contributed by atoms with Crippen LogP contribution in [0.25, 0.3) is 0 Å². The summed E-state index contributed by atoms with van der Waals surface area (Å²) in [6, 6.07) is 16.9. The molecule has 0 saturated heterocycles. The summed E-state index contributed by atoms with van der Waals surface area (Å²) in [5.74, 6) is 2.05. The summed E-state index contributed by atoms with van der Waals surface area (Å²) in [5.41, 5.74) is 2.67. The van der Waals surface area contributed by atoms with E-state index in [-0.39, 0.29) is 0 Å². The molecule has 0 radical (unpaired) electrons. The molecule has 1 heterocycles. The molecule has 19 heavy (non-hydrogen) atoms. The zero-order chi connectivity index (χ0) is 12.9. The van der Waals surface area contributed by atoms with Crippen molar-refractivity contribution in [1.82, 2.24) is 0 Å². The number of rotatable bonds is 0. The summed E-state index contributed by atoms with van der Waals surface area (Å²) in [6.07, 6.45) is 7.40. The van der Waals surface area contributed by atoms with Crippen LogP contribution in [0.2, 0.25) is 0 Å². The van der Waals surface area contributed by atoms with Gasteiger partial charge in [-0.15, -0.1) is 0 Å². The van der Waals surface area contributed by atoms with Gasteiger partial charge in [0.25, 0.3) is 0 Å². The van der Waals surface area contributed by atoms with Crippen molar-refractivity contribution in [2.75, 3.05) is 0 Å². The van der Waals surface area contributed by atoms with Gasteiger partial charge in [-0.3, -0.25) is 0 Å². The molecule has 1 nitrogen and oxygen atoms in total. The Bertz CT molecular complexity index is 495. The van der Waals surface area contributed by atoms with Crippen LogP contribution in [0.15, 0.2) is 48.5 Å². The first-order chi connectivity index (χ1) is 9.43. The Hall–Kier alpha value is -1.76. The molecule has 2 aromatic carbocycles. The summed E-state index contributed by atoms with van der Waals surface area (Å²) in [5, 5.41) is 0. The van der Waals surface area contributed by atoms with Gasteiger partial charge in [-0.05, 0) is 48.9 Å². The molecule has 0 aromatic heterocycles. The van der Waals surface area contributed by atoms with E-state index in [1.807, 2.05) is 0 Å². The minimum atomic E-state index is 1.02. The lowest BCUT2D eigenvalue weighted by molar-refractivity contribution is 0.470. The predicted octanol–water partition coefficient (Wildman–Crippen LogP) is 5.14. The van der Waals surface area contributed by atoms with E-state index in [0.29, 0.717) is 0 Å². The van der Waals surface area contributed by atoms with Crippen LogP contribution in [0.5, 0.6) is 11.5 Å². The Morgan fingerprint density at radius 2 is 1.05 bits per heavy atom. The largest absolute Gasteiger partial charge is 0.457 e. The van der Waals surface area contributed by atoms with Crippen molar-refractivity contribution < 1.29 is 4.74 Å². The van der Waals surface area contributed by atoms with Gasteiger partial charge in [0, 0.05) is 0 Å². The molecule has 0 spiro atoms. The average molecular weight is 252 g/mol. The van der Waals surface area contributed by atoms with Gasteiger partial charge in [0.1, 0.15) is 11.5 Å². The van der Waals surface area contributed by atoms with Gasteiger partial charge in [0.05, 0.1) is 0 Å². The molecule has 1 aliphatic rings. The molecule has 1 aliphatic heterocycles. The summed E-state index contributed by atoms with van der Waals surface area (Å²) < 4.78 is 6.17.